The van der Waals surface area contributed by atoms with Crippen LogP contribution in [0.4, 0.5) is 11.4 Å². The number of halogens is 1. The molecule has 0 spiro atoms. The second-order valence-corrected chi connectivity index (χ2v) is 7.31. The highest BCUT2D eigenvalue weighted by atomic mass is 35.5. The SMILES string of the molecule is CC(=O)Nc1ccc(C)c(NS(=O)(=O)c2ccc(Cl)cc2C)c1. The van der Waals surface area contributed by atoms with Gasteiger partial charge in [0.05, 0.1) is 10.6 Å². The average Bonchev–Trinajstić information content (AvgIpc) is 2.41. The summed E-state index contributed by atoms with van der Waals surface area (Å²) in [4.78, 5) is 11.3. The molecule has 0 bridgehead atoms. The molecule has 2 aromatic carbocycles. The lowest BCUT2D eigenvalue weighted by molar-refractivity contribution is -0.114. The van der Waals surface area contributed by atoms with E-state index in [4.69, 9.17) is 11.6 Å². The molecule has 122 valence electrons. The van der Waals surface area contributed by atoms with E-state index < -0.39 is 10.0 Å². The molecule has 0 unspecified atom stereocenters. The third kappa shape index (κ3) is 4.24. The monoisotopic (exact) mass is 352 g/mol. The first-order valence-electron chi connectivity index (χ1n) is 6.86. The number of carbonyl (C=O) groups is 1. The Balaban J connectivity index is 2.38. The molecule has 1 amide bonds. The maximum Gasteiger partial charge on any atom is 0.262 e. The smallest absolute Gasteiger partial charge is 0.262 e. The minimum Gasteiger partial charge on any atom is -0.326 e. The fourth-order valence-corrected chi connectivity index (χ4v) is 3.70. The van der Waals surface area contributed by atoms with Crippen molar-refractivity contribution < 1.29 is 13.2 Å². The summed E-state index contributed by atoms with van der Waals surface area (Å²) >= 11 is 5.87. The Bertz CT molecular complexity index is 864. The van der Waals surface area contributed by atoms with Gasteiger partial charge in [0.1, 0.15) is 0 Å². The summed E-state index contributed by atoms with van der Waals surface area (Å²) in [6.45, 7) is 4.85. The first kappa shape index (κ1) is 17.3. The average molecular weight is 353 g/mol. The molecular formula is C16H17ClN2O3S. The minimum absolute atomic E-state index is 0.159. The zero-order valence-electron chi connectivity index (χ0n) is 13.0. The molecule has 2 N–H and O–H groups in total. The molecule has 7 heteroatoms. The molecule has 0 aliphatic heterocycles. The third-order valence-corrected chi connectivity index (χ3v) is 4.99. The summed E-state index contributed by atoms with van der Waals surface area (Å²) < 4.78 is 27.7. The molecule has 5 nitrogen and oxygen atoms in total. The van der Waals surface area contributed by atoms with E-state index in [2.05, 4.69) is 10.0 Å². The number of rotatable bonds is 4. The van der Waals surface area contributed by atoms with Gasteiger partial charge in [0.2, 0.25) is 5.91 Å². The zero-order chi connectivity index (χ0) is 17.2. The Hall–Kier alpha value is -2.05. The Morgan fingerprint density at radius 1 is 1.04 bits per heavy atom. The molecule has 2 aromatic rings. The van der Waals surface area contributed by atoms with E-state index in [1.807, 2.05) is 0 Å². The molecule has 23 heavy (non-hydrogen) atoms. The Labute approximate surface area is 140 Å². The maximum absolute atomic E-state index is 12.6. The van der Waals surface area contributed by atoms with Crippen molar-refractivity contribution in [3.05, 3.63) is 52.5 Å². The van der Waals surface area contributed by atoms with Crippen LogP contribution in [-0.4, -0.2) is 14.3 Å². The summed E-state index contributed by atoms with van der Waals surface area (Å²) in [5, 5.41) is 3.10. The number of amides is 1. The number of hydrogen-bond acceptors (Lipinski definition) is 3. The number of nitrogens with one attached hydrogen (secondary N) is 2. The second-order valence-electron chi connectivity index (χ2n) is 5.23. The van der Waals surface area contributed by atoms with Crippen molar-refractivity contribution in [2.45, 2.75) is 25.7 Å². The highest BCUT2D eigenvalue weighted by Crippen LogP contribution is 2.26. The van der Waals surface area contributed by atoms with E-state index in [9.17, 15) is 13.2 Å². The predicted molar refractivity (Wildman–Crippen MR) is 92.5 cm³/mol. The summed E-state index contributed by atoms with van der Waals surface area (Å²) in [5.41, 5.74) is 2.23. The quantitative estimate of drug-likeness (QED) is 0.880. The Morgan fingerprint density at radius 2 is 1.74 bits per heavy atom. The van der Waals surface area contributed by atoms with Crippen LogP contribution in [0.15, 0.2) is 41.3 Å². The zero-order valence-corrected chi connectivity index (χ0v) is 14.5. The van der Waals surface area contributed by atoms with E-state index in [0.29, 0.717) is 22.0 Å². The standard InChI is InChI=1S/C16H17ClN2O3S/c1-10-4-6-14(18-12(3)20)9-15(10)19-23(21,22)16-7-5-13(17)8-11(16)2/h4-9,19H,1-3H3,(H,18,20). The normalized spacial score (nSPS) is 11.1. The van der Waals surface area contributed by atoms with Gasteiger partial charge in [-0.1, -0.05) is 17.7 Å². The van der Waals surface area contributed by atoms with Crippen molar-refractivity contribution in [3.63, 3.8) is 0 Å². The van der Waals surface area contributed by atoms with E-state index in [1.165, 1.54) is 19.1 Å². The highest BCUT2D eigenvalue weighted by Gasteiger charge is 2.18. The molecule has 0 aliphatic rings. The van der Waals surface area contributed by atoms with Crippen molar-refractivity contribution in [2.75, 3.05) is 10.0 Å². The van der Waals surface area contributed by atoms with Gasteiger partial charge < -0.3 is 5.32 Å². The van der Waals surface area contributed by atoms with Gasteiger partial charge in [0.25, 0.3) is 10.0 Å². The van der Waals surface area contributed by atoms with Crippen LogP contribution in [-0.2, 0) is 14.8 Å². The van der Waals surface area contributed by atoms with Crippen molar-refractivity contribution in [3.8, 4) is 0 Å². The van der Waals surface area contributed by atoms with Gasteiger partial charge in [0.15, 0.2) is 0 Å². The number of benzene rings is 2. The van der Waals surface area contributed by atoms with Crippen molar-refractivity contribution in [2.24, 2.45) is 0 Å². The molecule has 0 aliphatic carbocycles. The van der Waals surface area contributed by atoms with Crippen LogP contribution < -0.4 is 10.0 Å². The van der Waals surface area contributed by atoms with Gasteiger partial charge in [-0.05, 0) is 55.3 Å². The largest absolute Gasteiger partial charge is 0.326 e. The third-order valence-electron chi connectivity index (χ3n) is 3.23. The summed E-state index contributed by atoms with van der Waals surface area (Å²) in [5.74, 6) is -0.226. The first-order chi connectivity index (χ1) is 10.7. The van der Waals surface area contributed by atoms with E-state index >= 15 is 0 Å². The minimum atomic E-state index is -3.75. The predicted octanol–water partition coefficient (Wildman–Crippen LogP) is 3.72. The molecule has 0 aromatic heterocycles. The number of carbonyl (C=O) groups excluding carboxylic acids is 1. The molecule has 0 fully saturated rings. The second kappa shape index (κ2) is 6.60. The van der Waals surface area contributed by atoms with Gasteiger partial charge in [-0.3, -0.25) is 9.52 Å². The van der Waals surface area contributed by atoms with Crippen LogP contribution in [0.25, 0.3) is 0 Å². The Morgan fingerprint density at radius 3 is 2.35 bits per heavy atom. The first-order valence-corrected chi connectivity index (χ1v) is 8.72. The lowest BCUT2D eigenvalue weighted by Gasteiger charge is -2.14. The number of sulfonamides is 1. The van der Waals surface area contributed by atoms with Crippen molar-refractivity contribution >= 4 is 38.9 Å². The summed E-state index contributed by atoms with van der Waals surface area (Å²) in [6, 6.07) is 9.62. The van der Waals surface area contributed by atoms with Gasteiger partial charge in [0, 0.05) is 17.6 Å². The molecule has 2 rings (SSSR count). The molecule has 0 heterocycles. The number of aryl methyl sites for hydroxylation is 2. The van der Waals surface area contributed by atoms with Crippen LogP contribution in [0.5, 0.6) is 0 Å². The van der Waals surface area contributed by atoms with E-state index in [1.54, 1.807) is 38.1 Å². The molecule has 0 radical (unpaired) electrons. The molecular weight excluding hydrogens is 336 g/mol. The van der Waals surface area contributed by atoms with Gasteiger partial charge in [-0.2, -0.15) is 0 Å². The van der Waals surface area contributed by atoms with E-state index in [0.717, 1.165) is 5.56 Å². The fraction of sp³-hybridized carbons (Fsp3) is 0.188. The van der Waals surface area contributed by atoms with Gasteiger partial charge >= 0.3 is 0 Å². The topological polar surface area (TPSA) is 75.3 Å². The number of hydrogen-bond donors (Lipinski definition) is 2. The highest BCUT2D eigenvalue weighted by molar-refractivity contribution is 7.92. The summed E-state index contributed by atoms with van der Waals surface area (Å²) in [7, 11) is -3.75. The summed E-state index contributed by atoms with van der Waals surface area (Å²) in [6.07, 6.45) is 0. The lowest BCUT2D eigenvalue weighted by atomic mass is 10.2. The molecule has 0 saturated heterocycles. The van der Waals surface area contributed by atoms with Gasteiger partial charge in [-0.15, -0.1) is 0 Å². The Kier molecular flexibility index (Phi) is 4.97. The van der Waals surface area contributed by atoms with Crippen LogP contribution in [0.2, 0.25) is 5.02 Å². The van der Waals surface area contributed by atoms with Crippen molar-refractivity contribution in [1.82, 2.24) is 0 Å². The van der Waals surface area contributed by atoms with Crippen LogP contribution in [0.1, 0.15) is 18.1 Å². The van der Waals surface area contributed by atoms with Crippen LogP contribution in [0.3, 0.4) is 0 Å². The lowest BCUT2D eigenvalue weighted by Crippen LogP contribution is -2.15. The molecule has 0 saturated carbocycles. The van der Waals surface area contributed by atoms with Crippen LogP contribution in [0, 0.1) is 13.8 Å². The maximum atomic E-state index is 12.6. The molecule has 0 atom stereocenters. The fourth-order valence-electron chi connectivity index (χ4n) is 2.13. The van der Waals surface area contributed by atoms with Gasteiger partial charge in [-0.25, -0.2) is 8.42 Å². The van der Waals surface area contributed by atoms with Crippen LogP contribution >= 0.6 is 11.6 Å². The van der Waals surface area contributed by atoms with Crippen molar-refractivity contribution in [1.29, 1.82) is 0 Å². The number of anilines is 2. The van der Waals surface area contributed by atoms with E-state index in [-0.39, 0.29) is 10.8 Å².